The van der Waals surface area contributed by atoms with E-state index in [9.17, 15) is 0 Å². The largest absolute Gasteiger partial charge is 0.193 e. The first kappa shape index (κ1) is 10.3. The zero-order chi connectivity index (χ0) is 10.2. The van der Waals surface area contributed by atoms with E-state index in [1.807, 2.05) is 42.5 Å². The molecule has 0 aliphatic rings. The molecule has 0 aliphatic carbocycles. The van der Waals surface area contributed by atoms with Gasteiger partial charge in [0, 0.05) is 5.57 Å². The Hall–Kier alpha value is -1.81. The molecule has 1 rings (SSSR count). The maximum Gasteiger partial charge on any atom is 0.0947 e. The molecule has 0 N–H and O–H groups in total. The van der Waals surface area contributed by atoms with Gasteiger partial charge in [0.05, 0.1) is 6.07 Å². The maximum atomic E-state index is 8.86. The monoisotopic (exact) mass is 183 g/mol. The number of hydrogen-bond acceptors (Lipinski definition) is 1. The molecule has 1 aromatic rings. The van der Waals surface area contributed by atoms with Gasteiger partial charge in [0.2, 0.25) is 0 Å². The van der Waals surface area contributed by atoms with Crippen LogP contribution in [-0.2, 0) is 0 Å². The van der Waals surface area contributed by atoms with Crippen molar-refractivity contribution in [2.24, 2.45) is 0 Å². The second kappa shape index (κ2) is 5.77. The molecule has 1 heteroatoms. The Bertz CT molecular complexity index is 355. The van der Waals surface area contributed by atoms with Crippen LogP contribution in [0.1, 0.15) is 18.4 Å². The Morgan fingerprint density at radius 3 is 2.64 bits per heavy atom. The van der Waals surface area contributed by atoms with Crippen molar-refractivity contribution >= 4 is 6.08 Å². The summed E-state index contributed by atoms with van der Waals surface area (Å²) >= 11 is 0. The molecule has 0 saturated carbocycles. The fraction of sp³-hybridized carbons (Fsp3) is 0.154. The first-order valence-electron chi connectivity index (χ1n) is 4.63. The summed E-state index contributed by atoms with van der Waals surface area (Å²) in [6.07, 6.45) is 5.38. The molecule has 1 aromatic carbocycles. The van der Waals surface area contributed by atoms with Crippen LogP contribution in [0.5, 0.6) is 0 Å². The van der Waals surface area contributed by atoms with E-state index in [0.717, 1.165) is 24.0 Å². The van der Waals surface area contributed by atoms with E-state index in [1.165, 1.54) is 0 Å². The maximum absolute atomic E-state index is 8.86. The third-order valence-electron chi connectivity index (χ3n) is 1.90. The predicted octanol–water partition coefficient (Wildman–Crippen LogP) is 3.56. The molecule has 0 unspecified atom stereocenters. The average Bonchev–Trinajstić information content (AvgIpc) is 2.25. The summed E-state index contributed by atoms with van der Waals surface area (Å²) in [6.45, 7) is 3.64. The summed E-state index contributed by atoms with van der Waals surface area (Å²) in [5.41, 5.74) is 1.88. The van der Waals surface area contributed by atoms with E-state index in [0.29, 0.717) is 0 Å². The lowest BCUT2D eigenvalue weighted by Gasteiger charge is -1.95. The number of nitrogens with zero attached hydrogens (tertiary/aromatic N) is 1. The van der Waals surface area contributed by atoms with Crippen molar-refractivity contribution in [3.05, 3.63) is 54.1 Å². The number of rotatable bonds is 4. The second-order valence-electron chi connectivity index (χ2n) is 3.02. The van der Waals surface area contributed by atoms with Crippen LogP contribution in [0, 0.1) is 11.3 Å². The van der Waals surface area contributed by atoms with Crippen LogP contribution in [0.25, 0.3) is 6.08 Å². The third kappa shape index (κ3) is 3.28. The van der Waals surface area contributed by atoms with E-state index >= 15 is 0 Å². The van der Waals surface area contributed by atoms with E-state index in [2.05, 4.69) is 12.6 Å². The Morgan fingerprint density at radius 2 is 2.07 bits per heavy atom. The summed E-state index contributed by atoms with van der Waals surface area (Å²) < 4.78 is 0. The highest BCUT2D eigenvalue weighted by molar-refractivity contribution is 5.56. The van der Waals surface area contributed by atoms with Gasteiger partial charge in [-0.1, -0.05) is 36.4 Å². The molecular formula is C13H13N. The Labute approximate surface area is 85.0 Å². The normalized spacial score (nSPS) is 10.6. The van der Waals surface area contributed by atoms with Crippen LogP contribution in [0.3, 0.4) is 0 Å². The van der Waals surface area contributed by atoms with E-state index < -0.39 is 0 Å². The number of hydrogen-bond donors (Lipinski definition) is 0. The van der Waals surface area contributed by atoms with Gasteiger partial charge >= 0.3 is 0 Å². The zero-order valence-corrected chi connectivity index (χ0v) is 8.11. The highest BCUT2D eigenvalue weighted by Crippen LogP contribution is 2.10. The highest BCUT2D eigenvalue weighted by Gasteiger charge is 1.94. The van der Waals surface area contributed by atoms with Crippen LogP contribution in [0.15, 0.2) is 48.6 Å². The van der Waals surface area contributed by atoms with Crippen molar-refractivity contribution < 1.29 is 0 Å². The predicted molar refractivity (Wildman–Crippen MR) is 59.5 cm³/mol. The fourth-order valence-corrected chi connectivity index (χ4v) is 1.17. The SMILES string of the molecule is C=CCC/C(C#N)=C/c1ccccc1. The van der Waals surface area contributed by atoms with Gasteiger partial charge in [-0.2, -0.15) is 5.26 Å². The van der Waals surface area contributed by atoms with Gasteiger partial charge in [0.15, 0.2) is 0 Å². The summed E-state index contributed by atoms with van der Waals surface area (Å²) in [4.78, 5) is 0. The molecule has 0 amide bonds. The third-order valence-corrected chi connectivity index (χ3v) is 1.90. The van der Waals surface area contributed by atoms with Gasteiger partial charge in [-0.15, -0.1) is 6.58 Å². The zero-order valence-electron chi connectivity index (χ0n) is 8.11. The lowest BCUT2D eigenvalue weighted by molar-refractivity contribution is 1.02. The molecule has 0 spiro atoms. The van der Waals surface area contributed by atoms with Crippen LogP contribution >= 0.6 is 0 Å². The minimum absolute atomic E-state index is 0.773. The molecule has 14 heavy (non-hydrogen) atoms. The molecular weight excluding hydrogens is 170 g/mol. The molecule has 0 atom stereocenters. The smallest absolute Gasteiger partial charge is 0.0947 e. The summed E-state index contributed by atoms with van der Waals surface area (Å²) in [6, 6.07) is 12.1. The minimum atomic E-state index is 0.773. The van der Waals surface area contributed by atoms with Gasteiger partial charge in [-0.25, -0.2) is 0 Å². The van der Waals surface area contributed by atoms with Crippen molar-refractivity contribution in [1.82, 2.24) is 0 Å². The topological polar surface area (TPSA) is 23.8 Å². The van der Waals surface area contributed by atoms with Gasteiger partial charge in [-0.05, 0) is 24.5 Å². The Kier molecular flexibility index (Phi) is 4.23. The quantitative estimate of drug-likeness (QED) is 0.517. The number of benzene rings is 1. The number of nitriles is 1. The summed E-state index contributed by atoms with van der Waals surface area (Å²) in [7, 11) is 0. The van der Waals surface area contributed by atoms with Crippen LogP contribution in [0.4, 0.5) is 0 Å². The van der Waals surface area contributed by atoms with Crippen LogP contribution in [-0.4, -0.2) is 0 Å². The van der Waals surface area contributed by atoms with Crippen molar-refractivity contribution in [2.45, 2.75) is 12.8 Å². The molecule has 0 aromatic heterocycles. The molecule has 0 bridgehead atoms. The first-order valence-corrected chi connectivity index (χ1v) is 4.63. The van der Waals surface area contributed by atoms with Crippen molar-refractivity contribution in [1.29, 1.82) is 5.26 Å². The van der Waals surface area contributed by atoms with Gasteiger partial charge in [0.25, 0.3) is 0 Å². The molecule has 0 saturated heterocycles. The molecule has 0 aliphatic heterocycles. The van der Waals surface area contributed by atoms with E-state index in [1.54, 1.807) is 0 Å². The molecule has 0 heterocycles. The lowest BCUT2D eigenvalue weighted by Crippen LogP contribution is -1.79. The summed E-state index contributed by atoms with van der Waals surface area (Å²) in [5.74, 6) is 0. The Balaban J connectivity index is 2.75. The fourth-order valence-electron chi connectivity index (χ4n) is 1.17. The van der Waals surface area contributed by atoms with Gasteiger partial charge in [0.1, 0.15) is 0 Å². The molecule has 0 fully saturated rings. The summed E-state index contributed by atoms with van der Waals surface area (Å²) in [5, 5.41) is 8.86. The van der Waals surface area contributed by atoms with E-state index in [-0.39, 0.29) is 0 Å². The Morgan fingerprint density at radius 1 is 1.36 bits per heavy atom. The molecule has 1 nitrogen and oxygen atoms in total. The van der Waals surface area contributed by atoms with Crippen molar-refractivity contribution in [3.63, 3.8) is 0 Å². The van der Waals surface area contributed by atoms with E-state index in [4.69, 9.17) is 5.26 Å². The molecule has 70 valence electrons. The number of allylic oxidation sites excluding steroid dienone is 2. The van der Waals surface area contributed by atoms with Gasteiger partial charge < -0.3 is 0 Å². The standard InChI is InChI=1S/C13H13N/c1-2-3-7-13(11-14)10-12-8-5-4-6-9-12/h2,4-6,8-10H,1,3,7H2/b13-10-. The lowest BCUT2D eigenvalue weighted by atomic mass is 10.1. The van der Waals surface area contributed by atoms with Crippen molar-refractivity contribution in [3.8, 4) is 6.07 Å². The van der Waals surface area contributed by atoms with Crippen LogP contribution in [0.2, 0.25) is 0 Å². The van der Waals surface area contributed by atoms with Crippen molar-refractivity contribution in [2.75, 3.05) is 0 Å². The minimum Gasteiger partial charge on any atom is -0.193 e. The second-order valence-corrected chi connectivity index (χ2v) is 3.02. The first-order chi connectivity index (χ1) is 6.86. The van der Waals surface area contributed by atoms with Crippen LogP contribution < -0.4 is 0 Å². The average molecular weight is 183 g/mol. The highest BCUT2D eigenvalue weighted by atomic mass is 14.2. The van der Waals surface area contributed by atoms with Gasteiger partial charge in [-0.3, -0.25) is 0 Å². The molecule has 0 radical (unpaired) electrons.